The lowest BCUT2D eigenvalue weighted by atomic mass is 10.2. The van der Waals surface area contributed by atoms with E-state index in [4.69, 9.17) is 5.26 Å². The molecule has 1 aliphatic carbocycles. The lowest BCUT2D eigenvalue weighted by Gasteiger charge is -2.33. The Bertz CT molecular complexity index is 371. The summed E-state index contributed by atoms with van der Waals surface area (Å²) >= 11 is 0. The molecule has 2 aliphatic heterocycles. The zero-order valence-electron chi connectivity index (χ0n) is 10.9. The van der Waals surface area contributed by atoms with E-state index in [0.29, 0.717) is 18.4 Å². The summed E-state index contributed by atoms with van der Waals surface area (Å²) in [6.07, 6.45) is 0. The average Bonchev–Trinajstić information content (AvgIpc) is 2.83. The Balaban J connectivity index is 1.45. The first kappa shape index (κ1) is 11.9. The third-order valence-corrected chi connectivity index (χ3v) is 4.65. The van der Waals surface area contributed by atoms with Crippen molar-refractivity contribution in [3.63, 3.8) is 0 Å². The van der Waals surface area contributed by atoms with E-state index in [9.17, 15) is 4.79 Å². The highest BCUT2D eigenvalue weighted by Gasteiger charge is 2.57. The van der Waals surface area contributed by atoms with Crippen molar-refractivity contribution in [2.45, 2.75) is 0 Å². The van der Waals surface area contributed by atoms with Crippen LogP contribution in [0.4, 0.5) is 0 Å². The Kier molecular flexibility index (Phi) is 3.00. The summed E-state index contributed by atoms with van der Waals surface area (Å²) in [6.45, 7) is 6.27. The molecule has 0 N–H and O–H groups in total. The maximum absolute atomic E-state index is 12.1. The lowest BCUT2D eigenvalue weighted by molar-refractivity contribution is -0.132. The lowest BCUT2D eigenvalue weighted by Crippen LogP contribution is -2.48. The molecule has 1 unspecified atom stereocenters. The number of fused-ring (bicyclic) bond motifs is 1. The van der Waals surface area contributed by atoms with Crippen LogP contribution < -0.4 is 0 Å². The molecule has 3 fully saturated rings. The second-order valence-corrected chi connectivity index (χ2v) is 5.86. The number of likely N-dealkylation sites (tertiary alicyclic amines) is 1. The zero-order valence-corrected chi connectivity index (χ0v) is 10.9. The number of hydrogen-bond acceptors (Lipinski definition) is 4. The maximum atomic E-state index is 12.1. The van der Waals surface area contributed by atoms with E-state index in [1.54, 1.807) is 0 Å². The van der Waals surface area contributed by atoms with Crippen molar-refractivity contribution < 1.29 is 4.79 Å². The summed E-state index contributed by atoms with van der Waals surface area (Å²) in [4.78, 5) is 18.6. The van der Waals surface area contributed by atoms with E-state index in [1.165, 1.54) is 0 Å². The van der Waals surface area contributed by atoms with Gasteiger partial charge < -0.3 is 9.80 Å². The highest BCUT2D eigenvalue weighted by atomic mass is 16.2. The Morgan fingerprint density at radius 2 is 1.83 bits per heavy atom. The second-order valence-electron chi connectivity index (χ2n) is 5.86. The molecule has 18 heavy (non-hydrogen) atoms. The van der Waals surface area contributed by atoms with E-state index < -0.39 is 0 Å². The van der Waals surface area contributed by atoms with E-state index in [2.05, 4.69) is 22.9 Å². The van der Waals surface area contributed by atoms with Gasteiger partial charge in [-0.15, -0.1) is 0 Å². The van der Waals surface area contributed by atoms with Crippen LogP contribution in [-0.2, 0) is 4.79 Å². The van der Waals surface area contributed by atoms with E-state index >= 15 is 0 Å². The first-order valence-electron chi connectivity index (χ1n) is 6.77. The number of nitriles is 1. The van der Waals surface area contributed by atoms with Gasteiger partial charge in [0.25, 0.3) is 0 Å². The van der Waals surface area contributed by atoms with Gasteiger partial charge in [-0.1, -0.05) is 0 Å². The minimum absolute atomic E-state index is 0.234. The van der Waals surface area contributed by atoms with E-state index in [0.717, 1.165) is 39.3 Å². The molecule has 5 nitrogen and oxygen atoms in total. The summed E-state index contributed by atoms with van der Waals surface area (Å²) < 4.78 is 0. The fourth-order valence-electron chi connectivity index (χ4n) is 3.22. The molecule has 3 rings (SSSR count). The minimum Gasteiger partial charge on any atom is -0.341 e. The van der Waals surface area contributed by atoms with Crippen LogP contribution in [0, 0.1) is 29.1 Å². The number of piperidine rings is 1. The molecule has 0 aromatic heterocycles. The van der Waals surface area contributed by atoms with Crippen LogP contribution in [0.15, 0.2) is 0 Å². The third kappa shape index (κ3) is 2.11. The van der Waals surface area contributed by atoms with Gasteiger partial charge in [0, 0.05) is 39.3 Å². The number of nitrogens with zero attached hydrogens (tertiary/aromatic N) is 4. The smallest absolute Gasteiger partial charge is 0.236 e. The summed E-state index contributed by atoms with van der Waals surface area (Å²) in [5.41, 5.74) is 0. The number of likely N-dealkylation sites (N-methyl/N-ethyl adjacent to an activating group) is 1. The molecule has 98 valence electrons. The fourth-order valence-corrected chi connectivity index (χ4v) is 3.22. The molecule has 0 aromatic rings. The van der Waals surface area contributed by atoms with Crippen molar-refractivity contribution in [1.82, 2.24) is 14.7 Å². The average molecular weight is 248 g/mol. The van der Waals surface area contributed by atoms with Crippen molar-refractivity contribution in [2.24, 2.45) is 17.8 Å². The number of carbonyl (C=O) groups is 1. The van der Waals surface area contributed by atoms with Gasteiger partial charge in [0.2, 0.25) is 5.91 Å². The molecule has 2 heterocycles. The number of carbonyl (C=O) groups excluding carboxylic acids is 1. The normalized spacial score (nSPS) is 36.2. The van der Waals surface area contributed by atoms with Gasteiger partial charge in [-0.2, -0.15) is 5.26 Å². The summed E-state index contributed by atoms with van der Waals surface area (Å²) in [6, 6.07) is 2.33. The molecule has 3 aliphatic rings. The minimum atomic E-state index is 0.234. The molecule has 2 saturated heterocycles. The van der Waals surface area contributed by atoms with E-state index in [-0.39, 0.29) is 11.8 Å². The van der Waals surface area contributed by atoms with Crippen LogP contribution in [0.3, 0.4) is 0 Å². The topological polar surface area (TPSA) is 50.6 Å². The van der Waals surface area contributed by atoms with Crippen molar-refractivity contribution in [1.29, 1.82) is 5.26 Å². The van der Waals surface area contributed by atoms with Gasteiger partial charge >= 0.3 is 0 Å². The predicted octanol–water partition coefficient (Wildman–Crippen LogP) is -0.538. The van der Waals surface area contributed by atoms with Crippen LogP contribution in [0.1, 0.15) is 0 Å². The molecule has 1 saturated carbocycles. The standard InChI is InChI=1S/C13H20N4O/c1-15-2-4-16(5-3-15)9-13(18)17-7-11-10(6-14)12(11)8-17/h10-12H,2-5,7-9H2,1H3/t10?,11-,12+. The van der Waals surface area contributed by atoms with Crippen molar-refractivity contribution in [2.75, 3.05) is 52.9 Å². The van der Waals surface area contributed by atoms with Crippen molar-refractivity contribution in [3.8, 4) is 6.07 Å². The highest BCUT2D eigenvalue weighted by Crippen LogP contribution is 2.51. The van der Waals surface area contributed by atoms with Gasteiger partial charge in [0.1, 0.15) is 0 Å². The molecule has 5 heteroatoms. The highest BCUT2D eigenvalue weighted by molar-refractivity contribution is 5.79. The molecule has 3 atom stereocenters. The van der Waals surface area contributed by atoms with Crippen LogP contribution >= 0.6 is 0 Å². The van der Waals surface area contributed by atoms with Gasteiger partial charge in [-0.05, 0) is 18.9 Å². The third-order valence-electron chi connectivity index (χ3n) is 4.65. The fraction of sp³-hybridized carbons (Fsp3) is 0.846. The van der Waals surface area contributed by atoms with Crippen LogP contribution in [0.2, 0.25) is 0 Å². The zero-order chi connectivity index (χ0) is 12.7. The quantitative estimate of drug-likeness (QED) is 0.659. The Labute approximate surface area is 108 Å². The molecule has 1 amide bonds. The van der Waals surface area contributed by atoms with Crippen molar-refractivity contribution in [3.05, 3.63) is 0 Å². The number of hydrogen-bond donors (Lipinski definition) is 0. The summed E-state index contributed by atoms with van der Waals surface area (Å²) in [5, 5.41) is 8.86. The summed E-state index contributed by atoms with van der Waals surface area (Å²) in [7, 11) is 2.12. The van der Waals surface area contributed by atoms with E-state index in [1.807, 2.05) is 4.90 Å². The molecule has 0 aromatic carbocycles. The summed E-state index contributed by atoms with van der Waals surface area (Å²) in [5.74, 6) is 1.44. The number of piperazine rings is 1. The van der Waals surface area contributed by atoms with Gasteiger partial charge in [0.15, 0.2) is 0 Å². The predicted molar refractivity (Wildman–Crippen MR) is 66.6 cm³/mol. The van der Waals surface area contributed by atoms with Crippen molar-refractivity contribution >= 4 is 5.91 Å². The second kappa shape index (κ2) is 4.52. The molecular weight excluding hydrogens is 228 g/mol. The van der Waals surface area contributed by atoms with Gasteiger partial charge in [-0.3, -0.25) is 9.69 Å². The largest absolute Gasteiger partial charge is 0.341 e. The Morgan fingerprint density at radius 1 is 1.22 bits per heavy atom. The van der Waals surface area contributed by atoms with Gasteiger partial charge in [-0.25, -0.2) is 0 Å². The Hall–Kier alpha value is -1.12. The first-order valence-corrected chi connectivity index (χ1v) is 6.77. The van der Waals surface area contributed by atoms with Gasteiger partial charge in [0.05, 0.1) is 18.5 Å². The molecule has 0 bridgehead atoms. The van der Waals surface area contributed by atoms with Crippen LogP contribution in [-0.4, -0.2) is 73.5 Å². The SMILES string of the molecule is CN1CCN(CC(=O)N2C[C@@H]3C(C#N)[C@@H]3C2)CC1. The Morgan fingerprint density at radius 3 is 2.39 bits per heavy atom. The number of amides is 1. The molecular formula is C13H20N4O. The molecule has 0 spiro atoms. The first-order chi connectivity index (χ1) is 8.69. The molecule has 0 radical (unpaired) electrons. The van der Waals surface area contributed by atoms with Crippen LogP contribution in [0.5, 0.6) is 0 Å². The number of rotatable bonds is 2. The maximum Gasteiger partial charge on any atom is 0.236 e. The monoisotopic (exact) mass is 248 g/mol. The van der Waals surface area contributed by atoms with Crippen LogP contribution in [0.25, 0.3) is 0 Å².